The molecule has 0 unspecified atom stereocenters. The van der Waals surface area contributed by atoms with Crippen LogP contribution in [0.4, 0.5) is 0 Å². The topological polar surface area (TPSA) is 72.8 Å². The highest BCUT2D eigenvalue weighted by molar-refractivity contribution is 5.69. The van der Waals surface area contributed by atoms with Gasteiger partial charge < -0.3 is 4.79 Å². The van der Waals surface area contributed by atoms with Gasteiger partial charge in [0.2, 0.25) is 0 Å². The third-order valence-corrected chi connectivity index (χ3v) is 0.842. The lowest BCUT2D eigenvalue weighted by molar-refractivity contribution is -0.144. The van der Waals surface area contributed by atoms with Gasteiger partial charge in [-0.05, 0) is 6.42 Å². The first-order chi connectivity index (χ1) is 4.81. The van der Waals surface area contributed by atoms with Crippen LogP contribution in [0.25, 0.3) is 0 Å². The number of aldehydes is 1. The number of unbranched alkanes of at least 4 members (excludes halogenated alkanes) is 1. The molecule has 0 N–H and O–H groups in total. The molecule has 0 aliphatic rings. The van der Waals surface area contributed by atoms with E-state index in [1.54, 1.807) is 0 Å². The lowest BCUT2D eigenvalue weighted by Gasteiger charge is -1.89. The Morgan fingerprint density at radius 2 is 2.30 bits per heavy atom. The molecule has 56 valence electrons. The molecule has 0 radical (unpaired) electrons. The molecule has 0 heterocycles. The van der Waals surface area contributed by atoms with Crippen LogP contribution in [-0.4, -0.2) is 12.3 Å². The molecule has 0 aromatic carbocycles. The van der Waals surface area contributed by atoms with E-state index >= 15 is 0 Å². The minimum Gasteiger partial charge on any atom is -0.303 e. The Hall–Kier alpha value is -1.26. The van der Waals surface area contributed by atoms with Crippen LogP contribution in [0.1, 0.15) is 19.3 Å². The number of hydrogen-bond acceptors (Lipinski definition) is 5. The Morgan fingerprint density at radius 3 is 2.80 bits per heavy atom. The van der Waals surface area contributed by atoms with Gasteiger partial charge in [-0.1, -0.05) is 0 Å². The second kappa shape index (κ2) is 5.87. The molecular formula is C5H7NO4. The van der Waals surface area contributed by atoms with E-state index in [1.807, 2.05) is 5.34 Å². The van der Waals surface area contributed by atoms with E-state index < -0.39 is 5.97 Å². The summed E-state index contributed by atoms with van der Waals surface area (Å²) >= 11 is 0. The normalized spacial score (nSPS) is 8.40. The molecule has 0 aliphatic heterocycles. The van der Waals surface area contributed by atoms with Gasteiger partial charge in [0.05, 0.1) is 0 Å². The second-order valence-corrected chi connectivity index (χ2v) is 1.60. The fourth-order valence-electron chi connectivity index (χ4n) is 0.417. The van der Waals surface area contributed by atoms with E-state index in [0.717, 1.165) is 0 Å². The molecule has 0 saturated carbocycles. The number of rotatable bonds is 5. The number of hydrogen-bond donors (Lipinski definition) is 0. The summed E-state index contributed by atoms with van der Waals surface area (Å²) in [6.07, 6.45) is 1.46. The predicted molar refractivity (Wildman–Crippen MR) is 31.8 cm³/mol. The lowest BCUT2D eigenvalue weighted by atomic mass is 10.2. The summed E-state index contributed by atoms with van der Waals surface area (Å²) in [5.41, 5.74) is 0. The highest BCUT2D eigenvalue weighted by Gasteiger charge is 2.00. The summed E-state index contributed by atoms with van der Waals surface area (Å²) in [7, 11) is 0. The maximum atomic E-state index is 10.3. The highest BCUT2D eigenvalue weighted by atomic mass is 16.7. The SMILES string of the molecule is O=CCCCC(=O)ON=O. The maximum Gasteiger partial charge on any atom is 0.338 e. The molecule has 0 bridgehead atoms. The first-order valence-corrected chi connectivity index (χ1v) is 2.77. The van der Waals surface area contributed by atoms with Crippen LogP contribution in [0.15, 0.2) is 5.34 Å². The van der Waals surface area contributed by atoms with Crippen LogP contribution >= 0.6 is 0 Å². The van der Waals surface area contributed by atoms with Gasteiger partial charge in [-0.15, -0.1) is 4.91 Å². The molecule has 0 atom stereocenters. The van der Waals surface area contributed by atoms with Crippen molar-refractivity contribution in [3.8, 4) is 0 Å². The smallest absolute Gasteiger partial charge is 0.303 e. The average molecular weight is 145 g/mol. The first kappa shape index (κ1) is 8.74. The molecule has 5 nitrogen and oxygen atoms in total. The number of carbonyl (C=O) groups is 2. The van der Waals surface area contributed by atoms with Crippen LogP contribution < -0.4 is 0 Å². The molecular weight excluding hydrogens is 138 g/mol. The minimum absolute atomic E-state index is 0.0600. The van der Waals surface area contributed by atoms with E-state index in [1.165, 1.54) is 0 Å². The molecule has 0 amide bonds. The minimum atomic E-state index is -0.697. The Balaban J connectivity index is 3.20. The van der Waals surface area contributed by atoms with Gasteiger partial charge in [0.1, 0.15) is 6.29 Å². The number of nitrogens with zero attached hydrogens (tertiary/aromatic N) is 1. The molecule has 10 heavy (non-hydrogen) atoms. The summed E-state index contributed by atoms with van der Waals surface area (Å²) in [4.78, 5) is 33.0. The van der Waals surface area contributed by atoms with Crippen molar-refractivity contribution in [1.29, 1.82) is 0 Å². The zero-order valence-electron chi connectivity index (χ0n) is 5.28. The van der Waals surface area contributed by atoms with Gasteiger partial charge in [-0.25, -0.2) is 4.79 Å². The third-order valence-electron chi connectivity index (χ3n) is 0.842. The quantitative estimate of drug-likeness (QED) is 0.245. The van der Waals surface area contributed by atoms with Gasteiger partial charge in [0.15, 0.2) is 5.34 Å². The molecule has 0 aromatic rings. The van der Waals surface area contributed by atoms with Gasteiger partial charge in [0.25, 0.3) is 0 Å². The third kappa shape index (κ3) is 4.89. The van der Waals surface area contributed by atoms with Crippen molar-refractivity contribution in [2.75, 3.05) is 0 Å². The van der Waals surface area contributed by atoms with Gasteiger partial charge in [0, 0.05) is 12.8 Å². The Kier molecular flexibility index (Phi) is 5.13. The molecule has 0 rings (SSSR count). The zero-order chi connectivity index (χ0) is 7.82. The van der Waals surface area contributed by atoms with E-state index in [9.17, 15) is 14.5 Å². The largest absolute Gasteiger partial charge is 0.338 e. The summed E-state index contributed by atoms with van der Waals surface area (Å²) in [5.74, 6) is -0.697. The molecule has 0 fully saturated rings. The Morgan fingerprint density at radius 1 is 1.60 bits per heavy atom. The zero-order valence-corrected chi connectivity index (χ0v) is 5.28. The Bertz CT molecular complexity index is 134. The van der Waals surface area contributed by atoms with Crippen LogP contribution in [0.5, 0.6) is 0 Å². The van der Waals surface area contributed by atoms with Crippen molar-refractivity contribution in [3.63, 3.8) is 0 Å². The predicted octanol–water partition coefficient (Wildman–Crippen LogP) is 0.580. The standard InChI is InChI=1S/C5H7NO4/c7-4-2-1-3-5(8)10-6-9/h4H,1-3H2. The molecule has 0 spiro atoms. The van der Waals surface area contributed by atoms with Crippen molar-refractivity contribution in [1.82, 2.24) is 0 Å². The van der Waals surface area contributed by atoms with E-state index in [4.69, 9.17) is 0 Å². The van der Waals surface area contributed by atoms with E-state index in [2.05, 4.69) is 4.84 Å². The van der Waals surface area contributed by atoms with Gasteiger partial charge in [-0.3, -0.25) is 4.84 Å². The average Bonchev–Trinajstić information content (AvgIpc) is 1.89. The van der Waals surface area contributed by atoms with Crippen LogP contribution in [0, 0.1) is 4.91 Å². The molecule has 0 aliphatic carbocycles. The lowest BCUT2D eigenvalue weighted by Crippen LogP contribution is -1.98. The summed E-state index contributed by atoms with van der Waals surface area (Å²) in [6.45, 7) is 0. The van der Waals surface area contributed by atoms with Crippen LogP contribution in [0.2, 0.25) is 0 Å². The van der Waals surface area contributed by atoms with E-state index in [-0.39, 0.29) is 6.42 Å². The summed E-state index contributed by atoms with van der Waals surface area (Å²) in [6, 6.07) is 0. The summed E-state index contributed by atoms with van der Waals surface area (Å²) < 4.78 is 0. The van der Waals surface area contributed by atoms with Crippen molar-refractivity contribution >= 4 is 12.3 Å². The van der Waals surface area contributed by atoms with Gasteiger partial charge >= 0.3 is 5.97 Å². The van der Waals surface area contributed by atoms with Crippen molar-refractivity contribution in [3.05, 3.63) is 4.91 Å². The van der Waals surface area contributed by atoms with Gasteiger partial charge in [-0.2, -0.15) is 0 Å². The van der Waals surface area contributed by atoms with Crippen molar-refractivity contribution in [2.45, 2.75) is 19.3 Å². The second-order valence-electron chi connectivity index (χ2n) is 1.60. The monoisotopic (exact) mass is 145 g/mol. The molecule has 0 aromatic heterocycles. The van der Waals surface area contributed by atoms with Crippen LogP contribution in [0.3, 0.4) is 0 Å². The fourth-order valence-corrected chi connectivity index (χ4v) is 0.417. The fraction of sp³-hybridized carbons (Fsp3) is 0.600. The van der Waals surface area contributed by atoms with Crippen molar-refractivity contribution < 1.29 is 14.4 Å². The molecule has 5 heteroatoms. The molecule has 0 saturated heterocycles. The van der Waals surface area contributed by atoms with Crippen LogP contribution in [-0.2, 0) is 14.4 Å². The summed E-state index contributed by atoms with van der Waals surface area (Å²) in [5, 5.41) is 1.93. The van der Waals surface area contributed by atoms with E-state index in [0.29, 0.717) is 19.1 Å². The maximum absolute atomic E-state index is 10.3. The Labute approximate surface area is 57.3 Å². The highest BCUT2D eigenvalue weighted by Crippen LogP contribution is 1.94. The van der Waals surface area contributed by atoms with Crippen molar-refractivity contribution in [2.24, 2.45) is 5.34 Å². The number of carbonyl (C=O) groups excluding carboxylic acids is 2. The first-order valence-electron chi connectivity index (χ1n) is 2.77.